The number of nitrogens with zero attached hydrogens (tertiary/aromatic N) is 1. The summed E-state index contributed by atoms with van der Waals surface area (Å²) >= 11 is 0. The third kappa shape index (κ3) is 5.98. The minimum absolute atomic E-state index is 0.154. The van der Waals surface area contributed by atoms with Gasteiger partial charge in [0.25, 0.3) is 0 Å². The van der Waals surface area contributed by atoms with Crippen molar-refractivity contribution in [2.24, 2.45) is 0 Å². The molecule has 29 heavy (non-hydrogen) atoms. The summed E-state index contributed by atoms with van der Waals surface area (Å²) in [6, 6.07) is 15.2. The molecule has 1 saturated heterocycles. The SMILES string of the molecule is CCOC(=O)c1ccccc1NC(=O)CCNc1ccc(N2CCCCC2)cc1. The molecule has 0 atom stereocenters. The largest absolute Gasteiger partial charge is 0.462 e. The van der Waals surface area contributed by atoms with Crippen LogP contribution in [0.5, 0.6) is 0 Å². The maximum Gasteiger partial charge on any atom is 0.340 e. The van der Waals surface area contributed by atoms with E-state index in [-0.39, 0.29) is 5.91 Å². The molecule has 0 unspecified atom stereocenters. The first-order valence-electron chi connectivity index (χ1n) is 10.3. The molecule has 1 fully saturated rings. The molecule has 6 nitrogen and oxygen atoms in total. The molecular weight excluding hydrogens is 366 g/mol. The molecule has 0 aromatic heterocycles. The molecule has 1 aliphatic rings. The van der Waals surface area contributed by atoms with Crippen molar-refractivity contribution in [3.8, 4) is 0 Å². The Morgan fingerprint density at radius 1 is 1.00 bits per heavy atom. The van der Waals surface area contributed by atoms with Crippen LogP contribution in [0.15, 0.2) is 48.5 Å². The Bertz CT molecular complexity index is 814. The van der Waals surface area contributed by atoms with Gasteiger partial charge in [0, 0.05) is 37.4 Å². The molecule has 2 aromatic carbocycles. The topological polar surface area (TPSA) is 70.7 Å². The Morgan fingerprint density at radius 3 is 2.45 bits per heavy atom. The first kappa shape index (κ1) is 20.7. The van der Waals surface area contributed by atoms with E-state index in [1.54, 1.807) is 31.2 Å². The third-order valence-corrected chi connectivity index (χ3v) is 4.97. The normalized spacial score (nSPS) is 13.6. The van der Waals surface area contributed by atoms with Crippen LogP contribution in [0, 0.1) is 0 Å². The first-order valence-corrected chi connectivity index (χ1v) is 10.3. The van der Waals surface area contributed by atoms with E-state index in [4.69, 9.17) is 4.74 Å². The Morgan fingerprint density at radius 2 is 1.72 bits per heavy atom. The predicted octanol–water partition coefficient (Wildman–Crippen LogP) is 4.29. The van der Waals surface area contributed by atoms with Crippen molar-refractivity contribution < 1.29 is 14.3 Å². The van der Waals surface area contributed by atoms with E-state index in [1.807, 2.05) is 0 Å². The summed E-state index contributed by atoms with van der Waals surface area (Å²) in [7, 11) is 0. The van der Waals surface area contributed by atoms with Crippen LogP contribution in [0.25, 0.3) is 0 Å². The third-order valence-electron chi connectivity index (χ3n) is 4.97. The van der Waals surface area contributed by atoms with Gasteiger partial charge in [-0.2, -0.15) is 0 Å². The van der Waals surface area contributed by atoms with Crippen LogP contribution in [0.2, 0.25) is 0 Å². The van der Waals surface area contributed by atoms with E-state index in [1.165, 1.54) is 24.9 Å². The fourth-order valence-corrected chi connectivity index (χ4v) is 3.45. The van der Waals surface area contributed by atoms with Crippen molar-refractivity contribution in [1.29, 1.82) is 0 Å². The lowest BCUT2D eigenvalue weighted by atomic mass is 10.1. The summed E-state index contributed by atoms with van der Waals surface area (Å²) in [4.78, 5) is 26.7. The Hall–Kier alpha value is -3.02. The van der Waals surface area contributed by atoms with Crippen LogP contribution in [-0.4, -0.2) is 38.1 Å². The summed E-state index contributed by atoms with van der Waals surface area (Å²) in [6.07, 6.45) is 4.14. The summed E-state index contributed by atoms with van der Waals surface area (Å²) in [5.74, 6) is -0.588. The van der Waals surface area contributed by atoms with Crippen molar-refractivity contribution in [3.05, 3.63) is 54.1 Å². The maximum atomic E-state index is 12.3. The maximum absolute atomic E-state index is 12.3. The van der Waals surface area contributed by atoms with Crippen molar-refractivity contribution in [1.82, 2.24) is 0 Å². The molecular formula is C23H29N3O3. The fourth-order valence-electron chi connectivity index (χ4n) is 3.45. The lowest BCUT2D eigenvalue weighted by Gasteiger charge is -2.28. The minimum atomic E-state index is -0.435. The van der Waals surface area contributed by atoms with Crippen LogP contribution >= 0.6 is 0 Å². The quantitative estimate of drug-likeness (QED) is 0.653. The second kappa shape index (κ2) is 10.5. The van der Waals surface area contributed by atoms with Crippen LogP contribution < -0.4 is 15.5 Å². The first-order chi connectivity index (χ1) is 14.2. The standard InChI is InChI=1S/C23H29N3O3/c1-2-29-23(28)20-8-4-5-9-21(20)25-22(27)14-15-24-18-10-12-19(13-11-18)26-16-6-3-7-17-26/h4-5,8-13,24H,2-3,6-7,14-17H2,1H3,(H,25,27). The van der Waals surface area contributed by atoms with E-state index < -0.39 is 5.97 Å². The molecule has 0 radical (unpaired) electrons. The van der Waals surface area contributed by atoms with E-state index in [2.05, 4.69) is 39.8 Å². The zero-order chi connectivity index (χ0) is 20.5. The highest BCUT2D eigenvalue weighted by Gasteiger charge is 2.14. The number of esters is 1. The van der Waals surface area contributed by atoms with E-state index in [9.17, 15) is 9.59 Å². The number of benzene rings is 2. The second-order valence-electron chi connectivity index (χ2n) is 7.09. The summed E-state index contributed by atoms with van der Waals surface area (Å²) in [6.45, 7) is 4.81. The summed E-state index contributed by atoms with van der Waals surface area (Å²) < 4.78 is 5.04. The Labute approximate surface area is 172 Å². The van der Waals surface area contributed by atoms with Gasteiger partial charge in [-0.05, 0) is 62.6 Å². The number of piperidine rings is 1. The average molecular weight is 396 g/mol. The molecule has 6 heteroatoms. The van der Waals surface area contributed by atoms with Gasteiger partial charge >= 0.3 is 5.97 Å². The van der Waals surface area contributed by atoms with Gasteiger partial charge in [0.1, 0.15) is 0 Å². The van der Waals surface area contributed by atoms with Gasteiger partial charge in [-0.25, -0.2) is 4.79 Å². The number of amides is 1. The van der Waals surface area contributed by atoms with E-state index in [0.717, 1.165) is 18.8 Å². The van der Waals surface area contributed by atoms with E-state index >= 15 is 0 Å². The Balaban J connectivity index is 1.47. The van der Waals surface area contributed by atoms with E-state index in [0.29, 0.717) is 30.8 Å². The molecule has 1 amide bonds. The molecule has 2 N–H and O–H groups in total. The molecule has 1 aliphatic heterocycles. The summed E-state index contributed by atoms with van der Waals surface area (Å²) in [5.41, 5.74) is 3.08. The van der Waals surface area contributed by atoms with Crippen LogP contribution in [-0.2, 0) is 9.53 Å². The van der Waals surface area contributed by atoms with Crippen molar-refractivity contribution in [2.45, 2.75) is 32.6 Å². The highest BCUT2D eigenvalue weighted by molar-refractivity contribution is 6.01. The molecule has 2 aromatic rings. The van der Waals surface area contributed by atoms with Gasteiger partial charge < -0.3 is 20.3 Å². The van der Waals surface area contributed by atoms with Gasteiger partial charge in [0.2, 0.25) is 5.91 Å². The number of ether oxygens (including phenoxy) is 1. The Kier molecular flexibility index (Phi) is 7.50. The molecule has 0 spiro atoms. The zero-order valence-corrected chi connectivity index (χ0v) is 16.9. The molecule has 1 heterocycles. The minimum Gasteiger partial charge on any atom is -0.462 e. The highest BCUT2D eigenvalue weighted by atomic mass is 16.5. The van der Waals surface area contributed by atoms with Crippen molar-refractivity contribution in [3.63, 3.8) is 0 Å². The zero-order valence-electron chi connectivity index (χ0n) is 16.9. The number of rotatable bonds is 8. The number of carbonyl (C=O) groups is 2. The van der Waals surface area contributed by atoms with Crippen LogP contribution in [0.4, 0.5) is 17.1 Å². The van der Waals surface area contributed by atoms with Gasteiger partial charge in [-0.15, -0.1) is 0 Å². The molecule has 0 bridgehead atoms. The van der Waals surface area contributed by atoms with Gasteiger partial charge in [-0.1, -0.05) is 12.1 Å². The summed E-state index contributed by atoms with van der Waals surface area (Å²) in [5, 5.41) is 6.08. The predicted molar refractivity (Wildman–Crippen MR) is 117 cm³/mol. The number of carbonyl (C=O) groups excluding carboxylic acids is 2. The monoisotopic (exact) mass is 395 g/mol. The second-order valence-corrected chi connectivity index (χ2v) is 7.09. The van der Waals surface area contributed by atoms with Crippen LogP contribution in [0.3, 0.4) is 0 Å². The highest BCUT2D eigenvalue weighted by Crippen LogP contribution is 2.22. The molecule has 3 rings (SSSR count). The lowest BCUT2D eigenvalue weighted by molar-refractivity contribution is -0.115. The number of nitrogens with one attached hydrogen (secondary N) is 2. The number of hydrogen-bond acceptors (Lipinski definition) is 5. The van der Waals surface area contributed by atoms with Crippen LogP contribution in [0.1, 0.15) is 43.0 Å². The molecule has 0 saturated carbocycles. The van der Waals surface area contributed by atoms with Crippen molar-refractivity contribution in [2.75, 3.05) is 41.8 Å². The van der Waals surface area contributed by atoms with Gasteiger partial charge in [0.05, 0.1) is 17.9 Å². The fraction of sp³-hybridized carbons (Fsp3) is 0.391. The average Bonchev–Trinajstić information content (AvgIpc) is 2.75. The molecule has 0 aliphatic carbocycles. The van der Waals surface area contributed by atoms with Crippen molar-refractivity contribution >= 4 is 28.9 Å². The van der Waals surface area contributed by atoms with Gasteiger partial charge in [0.15, 0.2) is 0 Å². The van der Waals surface area contributed by atoms with Gasteiger partial charge in [-0.3, -0.25) is 4.79 Å². The smallest absolute Gasteiger partial charge is 0.340 e. The number of hydrogen-bond donors (Lipinski definition) is 2. The molecule has 154 valence electrons. The number of anilines is 3. The number of para-hydroxylation sites is 1. The lowest BCUT2D eigenvalue weighted by Crippen LogP contribution is -2.29.